The van der Waals surface area contributed by atoms with E-state index in [9.17, 15) is 0 Å². The van der Waals surface area contributed by atoms with Gasteiger partial charge in [0.25, 0.3) is 0 Å². The highest BCUT2D eigenvalue weighted by Crippen LogP contribution is 2.54. The Hall–Kier alpha value is -8.20. The lowest BCUT2D eigenvalue weighted by Crippen LogP contribution is -2.18. The summed E-state index contributed by atoms with van der Waals surface area (Å²) >= 11 is 0. The van der Waals surface area contributed by atoms with Crippen LogP contribution in [0.15, 0.2) is 229 Å². The van der Waals surface area contributed by atoms with Crippen LogP contribution in [0.3, 0.4) is 0 Å². The Morgan fingerprint density at radius 2 is 0.632 bits per heavy atom. The van der Waals surface area contributed by atoms with Crippen molar-refractivity contribution in [3.63, 3.8) is 0 Å². The third kappa shape index (κ3) is 6.32. The van der Waals surface area contributed by atoms with Crippen molar-refractivity contribution in [2.75, 3.05) is 4.90 Å². The van der Waals surface area contributed by atoms with Gasteiger partial charge in [0, 0.05) is 38.7 Å². The average molecular weight is 872 g/mol. The molecule has 2 aliphatic carbocycles. The normalized spacial score (nSPS) is 13.8. The van der Waals surface area contributed by atoms with Gasteiger partial charge >= 0.3 is 0 Å². The number of nitrogens with zero attached hydrogens (tertiary/aromatic N) is 1. The lowest BCUT2D eigenvalue weighted by Gasteiger charge is -2.30. The summed E-state index contributed by atoms with van der Waals surface area (Å²) in [5, 5.41) is 2.30. The summed E-state index contributed by atoms with van der Waals surface area (Å²) < 4.78 is 6.23. The fourth-order valence-electron chi connectivity index (χ4n) is 11.4. The molecule has 0 bridgehead atoms. The summed E-state index contributed by atoms with van der Waals surface area (Å²) in [7, 11) is 0. The van der Waals surface area contributed by atoms with Gasteiger partial charge in [-0.2, -0.15) is 0 Å². The van der Waals surface area contributed by atoms with Crippen molar-refractivity contribution < 1.29 is 4.42 Å². The predicted molar refractivity (Wildman–Crippen MR) is 285 cm³/mol. The second-order valence-electron chi connectivity index (χ2n) is 19.7. The topological polar surface area (TPSA) is 16.4 Å². The molecular weight excluding hydrogens is 823 g/mol. The lowest BCUT2D eigenvalue weighted by atomic mass is 9.81. The molecule has 0 radical (unpaired) electrons. The van der Waals surface area contributed by atoms with Gasteiger partial charge < -0.3 is 9.32 Å². The van der Waals surface area contributed by atoms with Gasteiger partial charge in [0.2, 0.25) is 0 Å². The van der Waals surface area contributed by atoms with Gasteiger partial charge in [0.1, 0.15) is 11.2 Å². The van der Waals surface area contributed by atoms with Crippen LogP contribution in [0.5, 0.6) is 0 Å². The van der Waals surface area contributed by atoms with Crippen molar-refractivity contribution in [2.45, 2.75) is 38.5 Å². The van der Waals surface area contributed by atoms with Gasteiger partial charge in [-0.1, -0.05) is 185 Å². The van der Waals surface area contributed by atoms with Crippen LogP contribution in [-0.2, 0) is 10.8 Å². The van der Waals surface area contributed by atoms with E-state index in [-0.39, 0.29) is 10.8 Å². The van der Waals surface area contributed by atoms with E-state index < -0.39 is 0 Å². The molecule has 0 aliphatic heterocycles. The highest BCUT2D eigenvalue weighted by molar-refractivity contribution is 6.06. The predicted octanol–water partition coefficient (Wildman–Crippen LogP) is 18.3. The maximum absolute atomic E-state index is 6.23. The zero-order valence-corrected chi connectivity index (χ0v) is 38.7. The second-order valence-corrected chi connectivity index (χ2v) is 19.7. The molecule has 0 atom stereocenters. The highest BCUT2D eigenvalue weighted by atomic mass is 16.3. The van der Waals surface area contributed by atoms with Gasteiger partial charge in [-0.05, 0) is 156 Å². The monoisotopic (exact) mass is 871 g/mol. The van der Waals surface area contributed by atoms with Crippen molar-refractivity contribution in [3.8, 4) is 66.8 Å². The molecule has 0 unspecified atom stereocenters. The molecule has 13 rings (SSSR count). The molecule has 1 heterocycles. The van der Waals surface area contributed by atoms with Crippen LogP contribution in [0.25, 0.3) is 88.7 Å². The Balaban J connectivity index is 0.880. The first-order chi connectivity index (χ1) is 33.2. The number of benzene rings is 10. The smallest absolute Gasteiger partial charge is 0.136 e. The number of furan rings is 1. The molecule has 2 nitrogen and oxygen atoms in total. The number of fused-ring (bicyclic) bond motifs is 9. The molecule has 0 amide bonds. The van der Waals surface area contributed by atoms with E-state index >= 15 is 0 Å². The van der Waals surface area contributed by atoms with Crippen molar-refractivity contribution in [3.05, 3.63) is 247 Å². The van der Waals surface area contributed by atoms with Crippen molar-refractivity contribution in [1.29, 1.82) is 0 Å². The molecule has 2 heteroatoms. The van der Waals surface area contributed by atoms with Gasteiger partial charge in [0.15, 0.2) is 0 Å². The number of hydrogen-bond acceptors (Lipinski definition) is 2. The summed E-state index contributed by atoms with van der Waals surface area (Å²) in [5.74, 6) is 0. The fourth-order valence-corrected chi connectivity index (χ4v) is 11.4. The van der Waals surface area contributed by atoms with Crippen LogP contribution in [0.4, 0.5) is 17.1 Å². The Morgan fingerprint density at radius 3 is 1.16 bits per heavy atom. The molecule has 0 fully saturated rings. The minimum absolute atomic E-state index is 0.191. The lowest BCUT2D eigenvalue weighted by molar-refractivity contribution is 0.660. The minimum Gasteiger partial charge on any atom is -0.456 e. The van der Waals surface area contributed by atoms with Crippen molar-refractivity contribution >= 4 is 39.0 Å². The van der Waals surface area contributed by atoms with Crippen molar-refractivity contribution in [2.24, 2.45) is 0 Å². The van der Waals surface area contributed by atoms with Crippen LogP contribution in [0.1, 0.15) is 49.9 Å². The van der Waals surface area contributed by atoms with Gasteiger partial charge in [-0.25, -0.2) is 0 Å². The molecular formula is C66H49NO. The molecule has 0 N–H and O–H groups in total. The van der Waals surface area contributed by atoms with E-state index in [2.05, 4.69) is 245 Å². The van der Waals surface area contributed by atoms with E-state index in [1.807, 2.05) is 12.1 Å². The number of anilines is 3. The largest absolute Gasteiger partial charge is 0.456 e. The van der Waals surface area contributed by atoms with Gasteiger partial charge in [-0.3, -0.25) is 0 Å². The quantitative estimate of drug-likeness (QED) is 0.159. The Morgan fingerprint density at radius 1 is 0.279 bits per heavy atom. The minimum atomic E-state index is -0.191. The molecule has 2 aliphatic rings. The zero-order valence-electron chi connectivity index (χ0n) is 38.7. The molecule has 0 spiro atoms. The van der Waals surface area contributed by atoms with Gasteiger partial charge in [-0.15, -0.1) is 0 Å². The molecule has 68 heavy (non-hydrogen) atoms. The van der Waals surface area contributed by atoms with Crippen LogP contribution in [0, 0.1) is 0 Å². The molecule has 10 aromatic carbocycles. The van der Waals surface area contributed by atoms with Crippen LogP contribution < -0.4 is 4.90 Å². The van der Waals surface area contributed by atoms with Crippen LogP contribution in [-0.4, -0.2) is 0 Å². The molecule has 11 aromatic rings. The molecule has 0 saturated heterocycles. The van der Waals surface area contributed by atoms with Gasteiger partial charge in [0.05, 0.1) is 0 Å². The van der Waals surface area contributed by atoms with E-state index in [1.165, 1.54) is 77.9 Å². The maximum atomic E-state index is 6.23. The Bertz CT molecular complexity index is 3610. The first-order valence-corrected chi connectivity index (χ1v) is 23.8. The summed E-state index contributed by atoms with van der Waals surface area (Å²) in [5.41, 5.74) is 25.2. The fraction of sp³-hybridized carbons (Fsp3) is 0.0909. The standard InChI is InChI=1S/C66H49NO/c1-65(2)59-37-47(42-13-7-5-8-14-42)25-32-53(59)55-35-30-51(40-61(55)65)67(52-31-36-56-54-33-26-48(43-15-9-6-10-16-43)38-60(54)66(3,4)62(56)41-52)50-28-23-45(24-29-50)44-19-21-46(22-20-44)49-27-34-58-57-17-11-12-18-63(57)68-64(58)39-49/h5-41H,1-4H3. The van der Waals surface area contributed by atoms with E-state index in [4.69, 9.17) is 4.42 Å². The van der Waals surface area contributed by atoms with E-state index in [0.717, 1.165) is 50.1 Å². The number of hydrogen-bond donors (Lipinski definition) is 0. The van der Waals surface area contributed by atoms with E-state index in [1.54, 1.807) is 0 Å². The summed E-state index contributed by atoms with van der Waals surface area (Å²) in [6, 6.07) is 82.6. The first kappa shape index (κ1) is 40.1. The third-order valence-corrected chi connectivity index (χ3v) is 15.1. The summed E-state index contributed by atoms with van der Waals surface area (Å²) in [6.45, 7) is 9.54. The Labute approximate surface area is 398 Å². The zero-order chi connectivity index (χ0) is 45.7. The summed E-state index contributed by atoms with van der Waals surface area (Å²) in [6.07, 6.45) is 0. The maximum Gasteiger partial charge on any atom is 0.136 e. The van der Waals surface area contributed by atoms with Crippen LogP contribution >= 0.6 is 0 Å². The average Bonchev–Trinajstić information content (AvgIpc) is 3.95. The summed E-state index contributed by atoms with van der Waals surface area (Å²) in [4.78, 5) is 2.46. The van der Waals surface area contributed by atoms with E-state index in [0.29, 0.717) is 0 Å². The third-order valence-electron chi connectivity index (χ3n) is 15.1. The van der Waals surface area contributed by atoms with Crippen molar-refractivity contribution in [1.82, 2.24) is 0 Å². The number of para-hydroxylation sites is 1. The molecule has 0 saturated carbocycles. The number of rotatable bonds is 7. The second kappa shape index (κ2) is 15.2. The highest BCUT2D eigenvalue weighted by Gasteiger charge is 2.38. The van der Waals surface area contributed by atoms with Crippen LogP contribution in [0.2, 0.25) is 0 Å². The SMILES string of the molecule is CC1(C)c2cc(-c3ccccc3)ccc2-c2ccc(N(c3ccc(-c4ccc(-c5ccc6c(c5)oc5ccccc56)cc4)cc3)c3ccc4c(c3)C(C)(C)c3cc(-c5ccccc5)ccc3-4)cc21. The molecule has 324 valence electrons. The molecule has 1 aromatic heterocycles. The Kier molecular flexibility index (Phi) is 8.95. The first-order valence-electron chi connectivity index (χ1n) is 23.8.